The number of Topliss-reactive ketones (excluding diaryl/α,β-unsaturated/α-hetero) is 1. The summed E-state index contributed by atoms with van der Waals surface area (Å²) >= 11 is 0. The van der Waals surface area contributed by atoms with E-state index in [9.17, 15) is 14.4 Å². The number of nitrogens with two attached hydrogens (primary N) is 1. The van der Waals surface area contributed by atoms with Gasteiger partial charge in [-0.25, -0.2) is 0 Å². The smallest absolute Gasteiger partial charge is 0.290 e. The maximum Gasteiger partial charge on any atom is 0.290 e. The maximum atomic E-state index is 12.6. The lowest BCUT2D eigenvalue weighted by Crippen LogP contribution is -2.55. The Bertz CT molecular complexity index is 611. The zero-order valence-electron chi connectivity index (χ0n) is 15.9. The molecule has 4 N–H and O–H groups in total. The molecule has 7 heteroatoms. The lowest BCUT2D eigenvalue weighted by atomic mass is 10.00. The summed E-state index contributed by atoms with van der Waals surface area (Å²) < 4.78 is 4.91. The molecule has 1 aromatic carbocycles. The van der Waals surface area contributed by atoms with Crippen molar-refractivity contribution in [3.63, 3.8) is 0 Å². The second kappa shape index (κ2) is 10.0. The van der Waals surface area contributed by atoms with Gasteiger partial charge < -0.3 is 21.1 Å². The van der Waals surface area contributed by atoms with Crippen LogP contribution in [0.5, 0.6) is 0 Å². The standard InChI is InChI=1S/C19H29N3O4/c1-19(2,3)22-18(25)16(23)15(12-13-8-6-5-7-9-13)21-17(24)14(20)10-11-26-4/h5-9,14-15H,10-12,20H2,1-4H3,(H,21,24)(H,22,25)/t14-,15-/m0/s1. The molecule has 0 saturated heterocycles. The second-order valence-electron chi connectivity index (χ2n) is 7.21. The van der Waals surface area contributed by atoms with Gasteiger partial charge in [0.1, 0.15) is 6.04 Å². The van der Waals surface area contributed by atoms with Gasteiger partial charge in [0.05, 0.1) is 6.04 Å². The van der Waals surface area contributed by atoms with Gasteiger partial charge in [-0.3, -0.25) is 14.4 Å². The molecule has 7 nitrogen and oxygen atoms in total. The van der Waals surface area contributed by atoms with E-state index in [0.29, 0.717) is 13.0 Å². The largest absolute Gasteiger partial charge is 0.385 e. The van der Waals surface area contributed by atoms with E-state index in [0.717, 1.165) is 5.56 Å². The normalized spacial score (nSPS) is 13.6. The highest BCUT2D eigenvalue weighted by Gasteiger charge is 2.30. The van der Waals surface area contributed by atoms with Gasteiger partial charge in [-0.05, 0) is 32.8 Å². The van der Waals surface area contributed by atoms with Crippen molar-refractivity contribution in [3.05, 3.63) is 35.9 Å². The van der Waals surface area contributed by atoms with Gasteiger partial charge in [0, 0.05) is 25.7 Å². The van der Waals surface area contributed by atoms with Gasteiger partial charge in [-0.1, -0.05) is 30.3 Å². The summed E-state index contributed by atoms with van der Waals surface area (Å²) in [6.45, 7) is 5.67. The van der Waals surface area contributed by atoms with Gasteiger partial charge in [0.25, 0.3) is 5.91 Å². The Labute approximate surface area is 154 Å². The van der Waals surface area contributed by atoms with E-state index in [2.05, 4.69) is 10.6 Å². The molecule has 0 unspecified atom stereocenters. The third-order valence-corrected chi connectivity index (χ3v) is 3.60. The van der Waals surface area contributed by atoms with Gasteiger partial charge in [-0.15, -0.1) is 0 Å². The topological polar surface area (TPSA) is 111 Å². The van der Waals surface area contributed by atoms with Crippen LogP contribution in [-0.4, -0.2) is 48.9 Å². The lowest BCUT2D eigenvalue weighted by Gasteiger charge is -2.23. The summed E-state index contributed by atoms with van der Waals surface area (Å²) in [5, 5.41) is 5.24. The first-order chi connectivity index (χ1) is 12.1. The predicted octanol–water partition coefficient (Wildman–Crippen LogP) is 0.562. The maximum absolute atomic E-state index is 12.6. The molecular weight excluding hydrogens is 334 g/mol. The van der Waals surface area contributed by atoms with Crippen molar-refractivity contribution >= 4 is 17.6 Å². The highest BCUT2D eigenvalue weighted by atomic mass is 16.5. The van der Waals surface area contributed by atoms with E-state index in [4.69, 9.17) is 10.5 Å². The van der Waals surface area contributed by atoms with E-state index >= 15 is 0 Å². The lowest BCUT2D eigenvalue weighted by molar-refractivity contribution is -0.141. The van der Waals surface area contributed by atoms with Crippen LogP contribution in [0.25, 0.3) is 0 Å². The Morgan fingerprint density at radius 3 is 2.31 bits per heavy atom. The van der Waals surface area contributed by atoms with Crippen molar-refractivity contribution in [3.8, 4) is 0 Å². The molecule has 0 aliphatic rings. The summed E-state index contributed by atoms with van der Waals surface area (Å²) in [4.78, 5) is 37.1. The Morgan fingerprint density at radius 2 is 1.77 bits per heavy atom. The molecule has 144 valence electrons. The van der Waals surface area contributed by atoms with Crippen molar-refractivity contribution in [1.29, 1.82) is 0 Å². The molecule has 1 rings (SSSR count). The van der Waals surface area contributed by atoms with Crippen LogP contribution < -0.4 is 16.4 Å². The molecule has 0 bridgehead atoms. The van der Waals surface area contributed by atoms with Crippen LogP contribution in [-0.2, 0) is 25.5 Å². The summed E-state index contributed by atoms with van der Waals surface area (Å²) in [5.41, 5.74) is 6.10. The van der Waals surface area contributed by atoms with Crippen molar-refractivity contribution in [2.24, 2.45) is 5.73 Å². The van der Waals surface area contributed by atoms with Gasteiger partial charge in [0.2, 0.25) is 11.7 Å². The van der Waals surface area contributed by atoms with Crippen molar-refractivity contribution in [2.45, 2.75) is 51.2 Å². The molecule has 0 spiro atoms. The number of ether oxygens (including phenoxy) is 1. The number of rotatable bonds is 9. The number of hydrogen-bond donors (Lipinski definition) is 3. The first kappa shape index (κ1) is 21.8. The van der Waals surface area contributed by atoms with E-state index < -0.39 is 35.2 Å². The van der Waals surface area contributed by atoms with Crippen LogP contribution in [0.15, 0.2) is 30.3 Å². The van der Waals surface area contributed by atoms with Crippen molar-refractivity contribution in [2.75, 3.05) is 13.7 Å². The van der Waals surface area contributed by atoms with Crippen LogP contribution in [0.2, 0.25) is 0 Å². The molecule has 0 heterocycles. The number of carbonyl (C=O) groups excluding carboxylic acids is 3. The van der Waals surface area contributed by atoms with Crippen LogP contribution >= 0.6 is 0 Å². The first-order valence-electron chi connectivity index (χ1n) is 8.59. The fraction of sp³-hybridized carbons (Fsp3) is 0.526. The van der Waals surface area contributed by atoms with E-state index in [1.165, 1.54) is 7.11 Å². The number of hydrogen-bond acceptors (Lipinski definition) is 5. The molecule has 2 atom stereocenters. The highest BCUT2D eigenvalue weighted by Crippen LogP contribution is 2.07. The van der Waals surface area contributed by atoms with E-state index in [-0.39, 0.29) is 6.42 Å². The summed E-state index contributed by atoms with van der Waals surface area (Å²) in [7, 11) is 1.52. The summed E-state index contributed by atoms with van der Waals surface area (Å²) in [6, 6.07) is 7.38. The summed E-state index contributed by atoms with van der Waals surface area (Å²) in [5.74, 6) is -1.92. The first-order valence-corrected chi connectivity index (χ1v) is 8.59. The average Bonchev–Trinajstić information content (AvgIpc) is 2.57. The van der Waals surface area contributed by atoms with Gasteiger partial charge in [0.15, 0.2) is 0 Å². The molecule has 0 saturated carbocycles. The molecular formula is C19H29N3O4. The molecule has 0 radical (unpaired) electrons. The van der Waals surface area contributed by atoms with Crippen molar-refractivity contribution < 1.29 is 19.1 Å². The number of benzene rings is 1. The number of methoxy groups -OCH3 is 1. The Balaban J connectivity index is 2.89. The Kier molecular flexibility index (Phi) is 8.41. The second-order valence-corrected chi connectivity index (χ2v) is 7.21. The number of nitrogens with one attached hydrogen (secondary N) is 2. The minimum Gasteiger partial charge on any atom is -0.385 e. The van der Waals surface area contributed by atoms with Crippen LogP contribution in [0, 0.1) is 0 Å². The third kappa shape index (κ3) is 7.76. The summed E-state index contributed by atoms with van der Waals surface area (Å²) in [6.07, 6.45) is 0.530. The van der Waals surface area contributed by atoms with Crippen LogP contribution in [0.3, 0.4) is 0 Å². The minimum absolute atomic E-state index is 0.208. The molecule has 0 aliphatic carbocycles. The minimum atomic E-state index is -0.985. The van der Waals surface area contributed by atoms with Gasteiger partial charge in [-0.2, -0.15) is 0 Å². The molecule has 0 aliphatic heterocycles. The number of amides is 2. The number of ketones is 1. The monoisotopic (exact) mass is 363 g/mol. The molecule has 2 amide bonds. The molecule has 0 aromatic heterocycles. The quantitative estimate of drug-likeness (QED) is 0.555. The fourth-order valence-corrected chi connectivity index (χ4v) is 2.27. The molecule has 26 heavy (non-hydrogen) atoms. The van der Waals surface area contributed by atoms with Crippen molar-refractivity contribution in [1.82, 2.24) is 10.6 Å². The molecule has 1 aromatic rings. The fourth-order valence-electron chi connectivity index (χ4n) is 2.27. The Morgan fingerprint density at radius 1 is 1.15 bits per heavy atom. The van der Waals surface area contributed by atoms with E-state index in [1.54, 1.807) is 20.8 Å². The van der Waals surface area contributed by atoms with Crippen LogP contribution in [0.1, 0.15) is 32.8 Å². The Hall–Kier alpha value is -2.25. The highest BCUT2D eigenvalue weighted by molar-refractivity contribution is 6.38. The van der Waals surface area contributed by atoms with Crippen LogP contribution in [0.4, 0.5) is 0 Å². The average molecular weight is 363 g/mol. The zero-order chi connectivity index (χ0) is 19.7. The molecule has 0 fully saturated rings. The van der Waals surface area contributed by atoms with E-state index in [1.807, 2.05) is 30.3 Å². The predicted molar refractivity (Wildman–Crippen MR) is 99.4 cm³/mol. The number of carbonyl (C=O) groups is 3. The zero-order valence-corrected chi connectivity index (χ0v) is 15.9. The van der Waals surface area contributed by atoms with Gasteiger partial charge >= 0.3 is 0 Å². The third-order valence-electron chi connectivity index (χ3n) is 3.60. The SMILES string of the molecule is COCC[C@H](N)C(=O)N[C@@H](Cc1ccccc1)C(=O)C(=O)NC(C)(C)C.